The summed E-state index contributed by atoms with van der Waals surface area (Å²) in [5.41, 5.74) is 0.632. The normalized spacial score (nSPS) is 15.3. The Bertz CT molecular complexity index is 2250. The summed E-state index contributed by atoms with van der Waals surface area (Å²) in [6, 6.07) is 13.7. The van der Waals surface area contributed by atoms with Crippen molar-refractivity contribution in [2.45, 2.75) is 205 Å². The molecule has 2 aliphatic heterocycles. The smallest absolute Gasteiger partial charge is 0.872 e. The number of fused-ring (bicyclic) bond motifs is 6. The standard InChI is InChI=1S/C58H85N2O13PS.Na/c1-3-5-7-9-11-13-15-17-19-21-23-25-27-29-54(63)68-42-47(71-55(64)30-28-26-24-22-20-18-16-14-12-10-8-6-4-2)43-70-74(66,67)69-38-37-59-57(75)60-44-31-34-49-48(39-44)56(65)73-58(49)50-35-32-45(61)40-52(50)72-53-41-46(62)33-36-51(53)58;/h31-36,39-41,47,61-62H,3-30,37-38,42-43H2,1-2H3,(H,66,67)(H2,59,60,75);/q;+1/p-1. The Morgan fingerprint density at radius 3 is 1.74 bits per heavy atom. The Balaban J connectivity index is 0.0000125. The Morgan fingerprint density at radius 2 is 1.17 bits per heavy atom. The van der Waals surface area contributed by atoms with Crippen molar-refractivity contribution in [3.8, 4) is 23.0 Å². The number of carbonyl (C=O) groups excluding carboxylic acids is 3. The number of benzene rings is 3. The van der Waals surface area contributed by atoms with E-state index in [9.17, 15) is 34.1 Å². The van der Waals surface area contributed by atoms with Crippen LogP contribution in [0.5, 0.6) is 23.0 Å². The van der Waals surface area contributed by atoms with Crippen molar-refractivity contribution in [1.29, 1.82) is 0 Å². The first-order valence-corrected chi connectivity index (χ1v) is 30.0. The third kappa shape index (κ3) is 22.2. The molecule has 0 amide bonds. The summed E-state index contributed by atoms with van der Waals surface area (Å²) >= 11 is 5.47. The zero-order valence-corrected chi connectivity index (χ0v) is 49.4. The van der Waals surface area contributed by atoms with Crippen molar-refractivity contribution in [3.63, 3.8) is 0 Å². The van der Waals surface area contributed by atoms with Crippen LogP contribution in [0.2, 0.25) is 0 Å². The first kappa shape index (κ1) is 64.8. The number of phenolic OH excluding ortho intramolecular Hbond substituents is 1. The molecule has 1 spiro atoms. The van der Waals surface area contributed by atoms with Gasteiger partial charge in [0, 0.05) is 47.8 Å². The van der Waals surface area contributed by atoms with Crippen molar-refractivity contribution in [1.82, 2.24) is 5.32 Å². The molecular formula is C58H84N2NaO13PS. The summed E-state index contributed by atoms with van der Waals surface area (Å²) in [5.74, 6) is -1.51. The van der Waals surface area contributed by atoms with Gasteiger partial charge in [0.05, 0.1) is 18.8 Å². The first-order chi connectivity index (χ1) is 36.3. The van der Waals surface area contributed by atoms with Crippen LogP contribution in [0.15, 0.2) is 54.6 Å². The number of carbonyl (C=O) groups is 3. The van der Waals surface area contributed by atoms with Crippen molar-refractivity contribution >= 4 is 48.7 Å². The number of aromatic hydroxyl groups is 1. The maximum absolute atomic E-state index is 13.5. The predicted octanol–water partition coefficient (Wildman–Crippen LogP) is 10.9. The molecule has 0 saturated carbocycles. The van der Waals surface area contributed by atoms with Gasteiger partial charge in [-0.15, -0.1) is 5.75 Å². The van der Waals surface area contributed by atoms with Gasteiger partial charge in [-0.25, -0.2) is 9.36 Å². The van der Waals surface area contributed by atoms with E-state index < -0.39 is 44.0 Å². The average molecular weight is 1100 g/mol. The minimum atomic E-state index is -4.67. The van der Waals surface area contributed by atoms with Crippen molar-refractivity contribution in [3.05, 3.63) is 76.9 Å². The van der Waals surface area contributed by atoms with Gasteiger partial charge >= 0.3 is 55.3 Å². The molecule has 0 fully saturated rings. The van der Waals surface area contributed by atoms with Gasteiger partial charge in [-0.1, -0.05) is 186 Å². The van der Waals surface area contributed by atoms with Gasteiger partial charge in [0.1, 0.15) is 23.9 Å². The fourth-order valence-electron chi connectivity index (χ4n) is 9.68. The van der Waals surface area contributed by atoms with E-state index in [1.807, 2.05) is 0 Å². The fraction of sp³-hybridized carbons (Fsp3) is 0.621. The Kier molecular flexibility index (Phi) is 30.4. The van der Waals surface area contributed by atoms with Gasteiger partial charge < -0.3 is 44.7 Å². The van der Waals surface area contributed by atoms with Crippen LogP contribution in [-0.4, -0.2) is 65.5 Å². The number of hydrogen-bond acceptors (Lipinski definition) is 13. The number of anilines is 1. The molecule has 0 bridgehead atoms. The largest absolute Gasteiger partial charge is 1.00 e. The molecule has 0 radical (unpaired) electrons. The van der Waals surface area contributed by atoms with Gasteiger partial charge in [-0.3, -0.25) is 18.6 Å². The topological polar surface area (TPSA) is 211 Å². The number of nitrogens with one attached hydrogen (secondary N) is 2. The second-order valence-electron chi connectivity index (χ2n) is 20.0. The molecule has 18 heteroatoms. The van der Waals surface area contributed by atoms with Crippen LogP contribution in [0.25, 0.3) is 0 Å². The zero-order valence-electron chi connectivity index (χ0n) is 45.6. The molecule has 0 saturated heterocycles. The fourth-order valence-corrected chi connectivity index (χ4v) is 10.7. The average Bonchev–Trinajstić information content (AvgIpc) is 3.66. The molecule has 0 aliphatic carbocycles. The van der Waals surface area contributed by atoms with Crippen LogP contribution in [-0.2, 0) is 43.0 Å². The van der Waals surface area contributed by atoms with E-state index in [1.54, 1.807) is 30.3 Å². The van der Waals surface area contributed by atoms with Crippen LogP contribution in [0.4, 0.5) is 5.69 Å². The number of rotatable bonds is 39. The van der Waals surface area contributed by atoms with Crippen molar-refractivity contribution in [2.75, 3.05) is 31.7 Å². The Labute approximate surface area is 479 Å². The van der Waals surface area contributed by atoms with E-state index in [-0.39, 0.29) is 95.8 Å². The minimum Gasteiger partial charge on any atom is -0.872 e. The molecule has 416 valence electrons. The van der Waals surface area contributed by atoms with E-state index in [0.717, 1.165) is 38.5 Å². The SMILES string of the molecule is CCCCCCCCCCCCCCCC(=O)OCC(COP(=O)(O)OCCNC(=S)Nc1ccc2c(c1)C(=O)OC21c2ccc([O-])cc2Oc2cc(O)ccc21)OC(=O)CCCCCCCCCCCCCCC.[Na+]. The van der Waals surface area contributed by atoms with Crippen LogP contribution in [0.3, 0.4) is 0 Å². The van der Waals surface area contributed by atoms with Gasteiger partial charge in [-0.05, 0) is 55.4 Å². The van der Waals surface area contributed by atoms with E-state index in [4.69, 9.17) is 40.2 Å². The maximum Gasteiger partial charge on any atom is 1.00 e. The molecule has 15 nitrogen and oxygen atoms in total. The molecule has 5 rings (SSSR count). The Morgan fingerprint density at radius 1 is 0.671 bits per heavy atom. The van der Waals surface area contributed by atoms with Crippen LogP contribution < -0.4 is 50.0 Å². The molecule has 0 aromatic heterocycles. The van der Waals surface area contributed by atoms with Gasteiger partial charge in [0.2, 0.25) is 0 Å². The summed E-state index contributed by atoms with van der Waals surface area (Å²) in [6.07, 6.45) is 30.0. The van der Waals surface area contributed by atoms with Gasteiger partial charge in [0.15, 0.2) is 16.8 Å². The summed E-state index contributed by atoms with van der Waals surface area (Å²) in [6.45, 7) is 3.28. The third-order valence-corrected chi connectivity index (χ3v) is 15.0. The number of thiocarbonyl (C=S) groups is 1. The number of phosphoric ester groups is 1. The second-order valence-corrected chi connectivity index (χ2v) is 21.9. The van der Waals surface area contributed by atoms with Crippen LogP contribution >= 0.6 is 20.0 Å². The molecule has 3 atom stereocenters. The quantitative estimate of drug-likeness (QED) is 0.0104. The predicted molar refractivity (Wildman–Crippen MR) is 293 cm³/mol. The molecule has 3 aromatic rings. The van der Waals surface area contributed by atoms with Gasteiger partial charge in [0.25, 0.3) is 0 Å². The number of unbranched alkanes of at least 4 members (excludes halogenated alkanes) is 24. The van der Waals surface area contributed by atoms with Gasteiger partial charge in [-0.2, -0.15) is 0 Å². The summed E-state index contributed by atoms with van der Waals surface area (Å²) in [5, 5.41) is 28.5. The van der Waals surface area contributed by atoms with Crippen LogP contribution in [0, 0.1) is 0 Å². The second kappa shape index (κ2) is 35.7. The number of phosphoric acid groups is 1. The molecule has 3 unspecified atom stereocenters. The zero-order chi connectivity index (χ0) is 53.7. The molecule has 2 heterocycles. The van der Waals surface area contributed by atoms with E-state index in [1.165, 1.54) is 140 Å². The Hall–Kier alpha value is -3.73. The number of phenols is 1. The molecular weight excluding hydrogens is 1020 g/mol. The van der Waals surface area contributed by atoms with Crippen LogP contribution in [0.1, 0.15) is 221 Å². The van der Waals surface area contributed by atoms with E-state index >= 15 is 0 Å². The van der Waals surface area contributed by atoms with Crippen molar-refractivity contribution in [2.24, 2.45) is 0 Å². The molecule has 2 aliphatic rings. The number of ether oxygens (including phenoxy) is 4. The van der Waals surface area contributed by atoms with Crippen molar-refractivity contribution < 1.29 is 91.6 Å². The summed E-state index contributed by atoms with van der Waals surface area (Å²) < 4.78 is 46.6. The van der Waals surface area contributed by atoms with E-state index in [2.05, 4.69) is 24.5 Å². The maximum atomic E-state index is 13.5. The molecule has 3 aromatic carbocycles. The van der Waals surface area contributed by atoms with E-state index in [0.29, 0.717) is 35.2 Å². The number of esters is 3. The number of hydrogen-bond donors (Lipinski definition) is 4. The molecule has 4 N–H and O–H groups in total. The first-order valence-electron chi connectivity index (χ1n) is 28.1. The monoisotopic (exact) mass is 1100 g/mol. The minimum absolute atomic E-state index is 0. The molecule has 76 heavy (non-hydrogen) atoms. The summed E-state index contributed by atoms with van der Waals surface area (Å²) in [7, 11) is -4.67. The summed E-state index contributed by atoms with van der Waals surface area (Å²) in [4.78, 5) is 49.8. The third-order valence-electron chi connectivity index (χ3n) is 13.8.